The molecule has 112 valence electrons. The van der Waals surface area contributed by atoms with Crippen LogP contribution in [0.3, 0.4) is 0 Å². The first-order chi connectivity index (χ1) is 9.33. The number of halogens is 1. The highest BCUT2D eigenvalue weighted by molar-refractivity contribution is 14.1. The number of hydrogen-bond acceptors (Lipinski definition) is 2. The summed E-state index contributed by atoms with van der Waals surface area (Å²) in [4.78, 5) is 0. The molecule has 0 aliphatic rings. The van der Waals surface area contributed by atoms with Crippen molar-refractivity contribution in [1.82, 2.24) is 0 Å². The number of rotatable bonds is 8. The largest absolute Gasteiger partial charge is 0.402 e. The third-order valence-corrected chi connectivity index (χ3v) is 3.96. The summed E-state index contributed by atoms with van der Waals surface area (Å²) in [5.74, 6) is 0. The van der Waals surface area contributed by atoms with Crippen molar-refractivity contribution in [2.45, 2.75) is 50.9 Å². The maximum Gasteiger partial charge on any atom is 0.0348 e. The van der Waals surface area contributed by atoms with Crippen LogP contribution in [0.5, 0.6) is 0 Å². The molecule has 0 fully saturated rings. The molecule has 0 radical (unpaired) electrons. The van der Waals surface area contributed by atoms with Crippen molar-refractivity contribution in [2.24, 2.45) is 5.73 Å². The Morgan fingerprint density at radius 1 is 1.35 bits per heavy atom. The maximum atomic E-state index is 6.29. The van der Waals surface area contributed by atoms with Crippen molar-refractivity contribution in [1.29, 1.82) is 0 Å². The zero-order valence-electron chi connectivity index (χ0n) is 13.0. The van der Waals surface area contributed by atoms with Gasteiger partial charge in [-0.15, -0.1) is 0 Å². The molecule has 2 N–H and O–H groups in total. The van der Waals surface area contributed by atoms with E-state index in [0.29, 0.717) is 3.92 Å². The molecule has 0 aromatic rings. The van der Waals surface area contributed by atoms with E-state index in [9.17, 15) is 0 Å². The van der Waals surface area contributed by atoms with Crippen LogP contribution in [0.1, 0.15) is 47.0 Å². The Labute approximate surface area is 143 Å². The Morgan fingerprint density at radius 3 is 2.40 bits per heavy atom. The summed E-state index contributed by atoms with van der Waals surface area (Å²) in [6, 6.07) is 0. The fourth-order valence-electron chi connectivity index (χ4n) is 1.86. The second-order valence-corrected chi connectivity index (χ2v) is 7.23. The maximum absolute atomic E-state index is 6.29. The van der Waals surface area contributed by atoms with Crippen LogP contribution < -0.4 is 5.73 Å². The van der Waals surface area contributed by atoms with E-state index in [1.807, 2.05) is 6.08 Å². The van der Waals surface area contributed by atoms with Gasteiger partial charge in [-0.25, -0.2) is 0 Å². The lowest BCUT2D eigenvalue weighted by atomic mass is 9.99. The topological polar surface area (TPSA) is 26.0 Å². The second-order valence-electron chi connectivity index (χ2n) is 5.09. The molecule has 0 aliphatic heterocycles. The van der Waals surface area contributed by atoms with E-state index in [-0.39, 0.29) is 0 Å². The van der Waals surface area contributed by atoms with Crippen molar-refractivity contribution in [3.8, 4) is 0 Å². The van der Waals surface area contributed by atoms with Gasteiger partial charge in [0.25, 0.3) is 0 Å². The van der Waals surface area contributed by atoms with Gasteiger partial charge in [0, 0.05) is 21.4 Å². The van der Waals surface area contributed by atoms with E-state index < -0.39 is 0 Å². The van der Waals surface area contributed by atoms with Crippen LogP contribution >= 0.6 is 34.8 Å². The molecular weight excluding hydrogens is 377 g/mol. The van der Waals surface area contributed by atoms with Crippen LogP contribution in [-0.4, -0.2) is 9.29 Å². The number of nitrogens with two attached hydrogens (primary N) is 1. The third-order valence-electron chi connectivity index (χ3n) is 3.16. The number of thiocarbonyl (C=S) groups is 1. The molecule has 0 amide bonds. The van der Waals surface area contributed by atoms with Gasteiger partial charge in [0.15, 0.2) is 0 Å². The SMILES string of the molecule is C=C(CCC)CC(N)=C(C=C(C)C(C)=CC=S)C(C)I. The molecule has 0 spiro atoms. The van der Waals surface area contributed by atoms with Gasteiger partial charge >= 0.3 is 0 Å². The summed E-state index contributed by atoms with van der Waals surface area (Å²) < 4.78 is 0.372. The molecule has 0 saturated carbocycles. The first kappa shape index (κ1) is 19.6. The first-order valence-corrected chi connectivity index (χ1v) is 8.65. The number of alkyl halides is 1. The molecular formula is C17H26INS. The molecule has 0 aromatic heterocycles. The summed E-state index contributed by atoms with van der Waals surface area (Å²) >= 11 is 7.28. The van der Waals surface area contributed by atoms with E-state index in [1.165, 1.54) is 22.3 Å². The number of hydrogen-bond donors (Lipinski definition) is 1. The van der Waals surface area contributed by atoms with Crippen molar-refractivity contribution in [3.63, 3.8) is 0 Å². The fourth-order valence-corrected chi connectivity index (χ4v) is 2.64. The predicted molar refractivity (Wildman–Crippen MR) is 105 cm³/mol. The zero-order valence-corrected chi connectivity index (χ0v) is 16.0. The van der Waals surface area contributed by atoms with Crippen molar-refractivity contribution in [3.05, 3.63) is 46.7 Å². The molecule has 0 aromatic carbocycles. The van der Waals surface area contributed by atoms with Gasteiger partial charge in [-0.05, 0) is 50.0 Å². The monoisotopic (exact) mass is 403 g/mol. The highest BCUT2D eigenvalue weighted by Crippen LogP contribution is 2.23. The summed E-state index contributed by atoms with van der Waals surface area (Å²) in [6.07, 6.45) is 7.07. The molecule has 1 unspecified atom stereocenters. The molecule has 3 heteroatoms. The molecule has 0 saturated heterocycles. The van der Waals surface area contributed by atoms with E-state index in [4.69, 9.17) is 18.0 Å². The van der Waals surface area contributed by atoms with Gasteiger partial charge in [-0.3, -0.25) is 0 Å². The van der Waals surface area contributed by atoms with E-state index in [0.717, 1.165) is 25.0 Å². The summed E-state index contributed by atoms with van der Waals surface area (Å²) in [6.45, 7) is 12.6. The lowest BCUT2D eigenvalue weighted by Crippen LogP contribution is -2.08. The van der Waals surface area contributed by atoms with Gasteiger partial charge in [-0.1, -0.05) is 66.4 Å². The Balaban J connectivity index is 5.33. The minimum absolute atomic E-state index is 0.372. The minimum Gasteiger partial charge on any atom is -0.402 e. The molecule has 0 aliphatic carbocycles. The summed E-state index contributed by atoms with van der Waals surface area (Å²) in [7, 11) is 0. The standard InChI is InChI=1S/C17H26INS/c1-6-7-12(2)10-17(19)16(15(5)18)11-14(4)13(3)8-9-20/h8-9,11,15H,2,6-7,10,19H2,1,3-5H3. The lowest BCUT2D eigenvalue weighted by molar-refractivity contribution is 0.860. The Kier molecular flexibility index (Phi) is 10.1. The van der Waals surface area contributed by atoms with Gasteiger partial charge in [0.2, 0.25) is 0 Å². The zero-order chi connectivity index (χ0) is 15.7. The minimum atomic E-state index is 0.372. The smallest absolute Gasteiger partial charge is 0.0348 e. The average Bonchev–Trinajstić information content (AvgIpc) is 2.35. The van der Waals surface area contributed by atoms with Gasteiger partial charge in [0.05, 0.1) is 0 Å². The van der Waals surface area contributed by atoms with Crippen LogP contribution in [0.2, 0.25) is 0 Å². The Hall–Kier alpha value is -0.420. The molecule has 1 atom stereocenters. The quantitative estimate of drug-likeness (QED) is 0.141. The normalized spacial score (nSPS) is 15.7. The van der Waals surface area contributed by atoms with Crippen LogP contribution in [0.25, 0.3) is 0 Å². The van der Waals surface area contributed by atoms with Crippen molar-refractivity contribution < 1.29 is 0 Å². The molecule has 0 rings (SSSR count). The van der Waals surface area contributed by atoms with Crippen molar-refractivity contribution >= 4 is 40.2 Å². The first-order valence-electron chi connectivity index (χ1n) is 6.93. The van der Waals surface area contributed by atoms with Gasteiger partial charge < -0.3 is 5.73 Å². The van der Waals surface area contributed by atoms with Crippen LogP contribution in [0.15, 0.2) is 46.7 Å². The highest BCUT2D eigenvalue weighted by Gasteiger charge is 2.09. The van der Waals surface area contributed by atoms with E-state index in [1.54, 1.807) is 5.37 Å². The van der Waals surface area contributed by atoms with E-state index >= 15 is 0 Å². The Bertz CT molecular complexity index is 442. The molecule has 1 nitrogen and oxygen atoms in total. The van der Waals surface area contributed by atoms with Gasteiger partial charge in [-0.2, -0.15) is 0 Å². The average molecular weight is 403 g/mol. The lowest BCUT2D eigenvalue weighted by Gasteiger charge is -2.14. The summed E-state index contributed by atoms with van der Waals surface area (Å²) in [5.41, 5.74) is 12.0. The van der Waals surface area contributed by atoms with Crippen molar-refractivity contribution in [2.75, 3.05) is 0 Å². The molecule has 0 bridgehead atoms. The molecule has 0 heterocycles. The van der Waals surface area contributed by atoms with Crippen LogP contribution in [0, 0.1) is 0 Å². The predicted octanol–water partition coefficient (Wildman–Crippen LogP) is 5.66. The second kappa shape index (κ2) is 10.3. The fraction of sp³-hybridized carbons (Fsp3) is 0.471. The number of allylic oxidation sites excluding steroid dienone is 6. The van der Waals surface area contributed by atoms with E-state index in [2.05, 4.69) is 62.9 Å². The highest BCUT2D eigenvalue weighted by atomic mass is 127. The van der Waals surface area contributed by atoms with Crippen LogP contribution in [-0.2, 0) is 0 Å². The molecule has 20 heavy (non-hydrogen) atoms. The van der Waals surface area contributed by atoms with Gasteiger partial charge in [0.1, 0.15) is 0 Å². The van der Waals surface area contributed by atoms with Crippen LogP contribution in [0.4, 0.5) is 0 Å². The third kappa shape index (κ3) is 7.39. The summed E-state index contributed by atoms with van der Waals surface area (Å²) in [5, 5.41) is 1.65. The Morgan fingerprint density at radius 2 is 1.95 bits per heavy atom.